The average Bonchev–Trinajstić information content (AvgIpc) is 2.65. The van der Waals surface area contributed by atoms with Crippen LogP contribution in [0.4, 0.5) is 4.39 Å². The zero-order valence-electron chi connectivity index (χ0n) is 10.6. The highest BCUT2D eigenvalue weighted by Crippen LogP contribution is 2.05. The van der Waals surface area contributed by atoms with Gasteiger partial charge in [0.2, 0.25) is 0 Å². The van der Waals surface area contributed by atoms with E-state index < -0.39 is 0 Å². The van der Waals surface area contributed by atoms with Crippen molar-refractivity contribution in [2.45, 2.75) is 12.8 Å². The summed E-state index contributed by atoms with van der Waals surface area (Å²) >= 11 is 0. The smallest absolute Gasteiger partial charge is 0.127 e. The lowest BCUT2D eigenvalue weighted by atomic mass is 10.1. The number of halogens is 1. The van der Waals surface area contributed by atoms with E-state index in [1.54, 1.807) is 12.1 Å². The van der Waals surface area contributed by atoms with Crippen LogP contribution in [0.1, 0.15) is 12.0 Å². The number of hydrogen-bond donors (Lipinski definition) is 1. The first kappa shape index (κ1) is 13.1. The molecule has 0 amide bonds. The molecular weight excluding hydrogens is 227 g/mol. The summed E-state index contributed by atoms with van der Waals surface area (Å²) in [6, 6.07) is 6.83. The van der Waals surface area contributed by atoms with E-state index in [1.165, 1.54) is 12.5 Å². The van der Waals surface area contributed by atoms with Crippen LogP contribution >= 0.6 is 0 Å². The van der Waals surface area contributed by atoms with Gasteiger partial charge >= 0.3 is 0 Å². The number of rotatable bonds is 2. The molecule has 1 aromatic carbocycles. The van der Waals surface area contributed by atoms with Crippen LogP contribution in [0.25, 0.3) is 0 Å². The molecule has 1 N–H and O–H groups in total. The third-order valence-corrected chi connectivity index (χ3v) is 3.10. The number of nitrogens with zero attached hydrogens (tertiary/aromatic N) is 1. The minimum absolute atomic E-state index is 0.161. The molecule has 96 valence electrons. The summed E-state index contributed by atoms with van der Waals surface area (Å²) in [6.45, 7) is 5.07. The topological polar surface area (TPSA) is 15.3 Å². The van der Waals surface area contributed by atoms with E-state index in [1.807, 2.05) is 6.07 Å². The van der Waals surface area contributed by atoms with E-state index >= 15 is 0 Å². The summed E-state index contributed by atoms with van der Waals surface area (Å²) in [5, 5.41) is 3.36. The van der Waals surface area contributed by atoms with Crippen molar-refractivity contribution in [3.05, 3.63) is 35.6 Å². The lowest BCUT2D eigenvalue weighted by molar-refractivity contribution is 0.329. The van der Waals surface area contributed by atoms with Crippen LogP contribution in [0.15, 0.2) is 24.3 Å². The van der Waals surface area contributed by atoms with Gasteiger partial charge in [-0.2, -0.15) is 0 Å². The van der Waals surface area contributed by atoms with E-state index in [4.69, 9.17) is 0 Å². The molecule has 0 saturated carbocycles. The van der Waals surface area contributed by atoms with Gasteiger partial charge in [0.25, 0.3) is 0 Å². The van der Waals surface area contributed by atoms with Gasteiger partial charge in [-0.1, -0.05) is 30.0 Å². The zero-order chi connectivity index (χ0) is 12.6. The van der Waals surface area contributed by atoms with E-state index in [0.717, 1.165) is 32.7 Å². The van der Waals surface area contributed by atoms with Gasteiger partial charge in [-0.25, -0.2) is 4.39 Å². The second kappa shape index (κ2) is 7.15. The van der Waals surface area contributed by atoms with Crippen molar-refractivity contribution >= 4 is 0 Å². The Bertz CT molecular complexity index is 426. The monoisotopic (exact) mass is 246 g/mol. The average molecular weight is 246 g/mol. The molecule has 2 nitrogen and oxygen atoms in total. The van der Waals surface area contributed by atoms with Crippen LogP contribution < -0.4 is 5.32 Å². The molecule has 2 rings (SSSR count). The van der Waals surface area contributed by atoms with Crippen molar-refractivity contribution in [3.63, 3.8) is 0 Å². The maximum atomic E-state index is 13.3. The molecule has 1 heterocycles. The Morgan fingerprint density at radius 1 is 1.17 bits per heavy atom. The third-order valence-electron chi connectivity index (χ3n) is 3.10. The van der Waals surface area contributed by atoms with Crippen LogP contribution in [0.5, 0.6) is 0 Å². The van der Waals surface area contributed by atoms with Crippen molar-refractivity contribution in [1.29, 1.82) is 0 Å². The second-order valence-electron chi connectivity index (χ2n) is 4.50. The molecule has 3 heteroatoms. The normalized spacial score (nSPS) is 16.7. The minimum atomic E-state index is -0.161. The first-order chi connectivity index (χ1) is 8.86. The molecule has 0 spiro atoms. The largest absolute Gasteiger partial charge is 0.315 e. The van der Waals surface area contributed by atoms with Gasteiger partial charge in [0, 0.05) is 26.1 Å². The van der Waals surface area contributed by atoms with Crippen molar-refractivity contribution in [3.8, 4) is 11.8 Å². The number of hydrogen-bond acceptors (Lipinski definition) is 2. The Morgan fingerprint density at radius 2 is 2.06 bits per heavy atom. The number of benzene rings is 1. The van der Waals surface area contributed by atoms with E-state index in [9.17, 15) is 4.39 Å². The van der Waals surface area contributed by atoms with Crippen molar-refractivity contribution in [2.24, 2.45) is 0 Å². The highest BCUT2D eigenvalue weighted by Gasteiger charge is 2.05. The van der Waals surface area contributed by atoms with Crippen molar-refractivity contribution in [1.82, 2.24) is 10.2 Å². The molecule has 1 saturated heterocycles. The Labute approximate surface area is 108 Å². The van der Waals surface area contributed by atoms with Crippen molar-refractivity contribution < 1.29 is 4.39 Å². The maximum Gasteiger partial charge on any atom is 0.127 e. The molecule has 0 aromatic heterocycles. The molecule has 1 fully saturated rings. The summed E-state index contributed by atoms with van der Waals surface area (Å²) in [6.07, 6.45) is 1.67. The molecule has 1 aliphatic rings. The van der Waals surface area contributed by atoms with Crippen LogP contribution in [-0.4, -0.2) is 37.6 Å². The SMILES string of the molecule is Fc1ccccc1CC#CCN1CCCNCC1. The second-order valence-corrected chi connectivity index (χ2v) is 4.50. The highest BCUT2D eigenvalue weighted by atomic mass is 19.1. The Morgan fingerprint density at radius 3 is 2.94 bits per heavy atom. The summed E-state index contributed by atoms with van der Waals surface area (Å²) < 4.78 is 13.3. The van der Waals surface area contributed by atoms with Crippen LogP contribution in [0.2, 0.25) is 0 Å². The van der Waals surface area contributed by atoms with E-state index in [2.05, 4.69) is 22.1 Å². The third kappa shape index (κ3) is 4.14. The summed E-state index contributed by atoms with van der Waals surface area (Å²) in [7, 11) is 0. The fraction of sp³-hybridized carbons (Fsp3) is 0.467. The van der Waals surface area contributed by atoms with Gasteiger partial charge in [-0.15, -0.1) is 0 Å². The van der Waals surface area contributed by atoms with Gasteiger partial charge in [0.05, 0.1) is 6.54 Å². The maximum absolute atomic E-state index is 13.3. The van der Waals surface area contributed by atoms with Gasteiger partial charge in [0.15, 0.2) is 0 Å². The van der Waals surface area contributed by atoms with E-state index in [-0.39, 0.29) is 5.82 Å². The van der Waals surface area contributed by atoms with Crippen LogP contribution in [-0.2, 0) is 6.42 Å². The molecule has 0 bridgehead atoms. The van der Waals surface area contributed by atoms with Gasteiger partial charge in [-0.3, -0.25) is 4.90 Å². The molecule has 18 heavy (non-hydrogen) atoms. The molecule has 0 aliphatic carbocycles. The fourth-order valence-electron chi connectivity index (χ4n) is 2.03. The first-order valence-electron chi connectivity index (χ1n) is 6.48. The summed E-state index contributed by atoms with van der Waals surface area (Å²) in [5.41, 5.74) is 0.683. The molecule has 0 radical (unpaired) electrons. The number of nitrogens with one attached hydrogen (secondary N) is 1. The lowest BCUT2D eigenvalue weighted by Gasteiger charge is -2.15. The molecule has 1 aliphatic heterocycles. The van der Waals surface area contributed by atoms with Crippen LogP contribution in [0.3, 0.4) is 0 Å². The Hall–Kier alpha value is -1.37. The summed E-state index contributed by atoms with van der Waals surface area (Å²) in [4.78, 5) is 2.34. The molecular formula is C15H19FN2. The van der Waals surface area contributed by atoms with Crippen molar-refractivity contribution in [2.75, 3.05) is 32.7 Å². The predicted octanol–water partition coefficient (Wildman–Crippen LogP) is 1.67. The molecule has 1 aromatic rings. The van der Waals surface area contributed by atoms with Gasteiger partial charge in [0.1, 0.15) is 5.82 Å². The fourth-order valence-corrected chi connectivity index (χ4v) is 2.03. The minimum Gasteiger partial charge on any atom is -0.315 e. The Balaban J connectivity index is 1.80. The van der Waals surface area contributed by atoms with E-state index in [0.29, 0.717) is 12.0 Å². The molecule has 0 unspecified atom stereocenters. The predicted molar refractivity (Wildman–Crippen MR) is 71.8 cm³/mol. The lowest BCUT2D eigenvalue weighted by Crippen LogP contribution is -2.28. The first-order valence-corrected chi connectivity index (χ1v) is 6.48. The highest BCUT2D eigenvalue weighted by molar-refractivity contribution is 5.22. The standard InChI is InChI=1S/C15H19FN2/c16-15-8-2-1-6-14(15)7-3-4-11-18-12-5-9-17-10-13-18/h1-2,6,8,17H,5,7,9-13H2. The zero-order valence-corrected chi connectivity index (χ0v) is 10.6. The van der Waals surface area contributed by atoms with Gasteiger partial charge < -0.3 is 5.32 Å². The Kier molecular flexibility index (Phi) is 5.19. The summed E-state index contributed by atoms with van der Waals surface area (Å²) in [5.74, 6) is 6.04. The molecule has 0 atom stereocenters. The van der Waals surface area contributed by atoms with Crippen LogP contribution in [0, 0.1) is 17.7 Å². The quantitative estimate of drug-likeness (QED) is 0.799. The van der Waals surface area contributed by atoms with Gasteiger partial charge in [-0.05, 0) is 24.6 Å².